The molecule has 0 bridgehead atoms. The zero-order chi connectivity index (χ0) is 7.40. The number of thiocarbonyl (C=S) groups is 1. The van der Waals surface area contributed by atoms with Crippen LogP contribution >= 0.6 is 24.8 Å². The molecule has 0 aliphatic carbocycles. The Bertz CT molecular complexity index is 220. The number of benzene rings is 1. The van der Waals surface area contributed by atoms with Gasteiger partial charge in [-0.2, -0.15) is 0 Å². The van der Waals surface area contributed by atoms with Crippen LogP contribution in [0, 0.1) is 0 Å². The topological polar surface area (TPSA) is 12.0 Å². The summed E-state index contributed by atoms with van der Waals surface area (Å²) in [6.07, 6.45) is 0. The van der Waals surface area contributed by atoms with Crippen molar-refractivity contribution < 1.29 is 0 Å². The summed E-state index contributed by atoms with van der Waals surface area (Å²) in [6.45, 7) is 0. The zero-order valence-corrected chi connectivity index (χ0v) is 6.84. The van der Waals surface area contributed by atoms with Crippen molar-refractivity contribution in [2.75, 3.05) is 5.32 Å². The highest BCUT2D eigenvalue weighted by atomic mass is 32.1. The third-order valence-electron chi connectivity index (χ3n) is 1.02. The van der Waals surface area contributed by atoms with Crippen molar-refractivity contribution in [3.63, 3.8) is 0 Å². The fourth-order valence-electron chi connectivity index (χ4n) is 0.639. The van der Waals surface area contributed by atoms with E-state index >= 15 is 0 Å². The molecule has 0 aliphatic heterocycles. The molecule has 0 heterocycles. The van der Waals surface area contributed by atoms with Crippen molar-refractivity contribution in [3.05, 3.63) is 30.3 Å². The van der Waals surface area contributed by atoms with E-state index in [1.807, 2.05) is 30.3 Å². The maximum Gasteiger partial charge on any atom is 0.168 e. The van der Waals surface area contributed by atoms with Crippen LogP contribution in [0.2, 0.25) is 0 Å². The van der Waals surface area contributed by atoms with Crippen LogP contribution in [0.1, 0.15) is 0 Å². The molecule has 51 valence electrons. The van der Waals surface area contributed by atoms with Gasteiger partial charge in [-0.1, -0.05) is 18.2 Å². The Labute approximate surface area is 70.9 Å². The molecule has 0 aromatic heterocycles. The Balaban J connectivity index is 2.67. The lowest BCUT2D eigenvalue weighted by Gasteiger charge is -1.99. The summed E-state index contributed by atoms with van der Waals surface area (Å²) in [7, 11) is 0. The molecule has 3 heteroatoms. The van der Waals surface area contributed by atoms with Gasteiger partial charge in [0.15, 0.2) is 4.32 Å². The van der Waals surface area contributed by atoms with Crippen LogP contribution in [0.5, 0.6) is 0 Å². The standard InChI is InChI=1S/C7H6NS2/c9-7(10)8-6-4-2-1-3-5-6/h1-5H,(H,8,9). The quantitative estimate of drug-likeness (QED) is 0.647. The fourth-order valence-corrected chi connectivity index (χ4v) is 0.875. The number of hydrogen-bond acceptors (Lipinski definition) is 1. The van der Waals surface area contributed by atoms with E-state index in [0.717, 1.165) is 5.69 Å². The maximum atomic E-state index is 4.68. The second kappa shape index (κ2) is 3.49. The number of hydrogen-bond donors (Lipinski definition) is 1. The van der Waals surface area contributed by atoms with Crippen LogP contribution in [-0.2, 0) is 0 Å². The van der Waals surface area contributed by atoms with Crippen LogP contribution in [0.25, 0.3) is 0 Å². The van der Waals surface area contributed by atoms with Crippen molar-refractivity contribution in [2.24, 2.45) is 0 Å². The number of anilines is 1. The molecule has 1 N–H and O–H groups in total. The second-order valence-electron chi connectivity index (χ2n) is 1.78. The molecule has 1 aromatic carbocycles. The number of rotatable bonds is 1. The van der Waals surface area contributed by atoms with E-state index in [2.05, 4.69) is 30.2 Å². The molecule has 0 saturated heterocycles. The van der Waals surface area contributed by atoms with Crippen molar-refractivity contribution in [1.82, 2.24) is 0 Å². The van der Waals surface area contributed by atoms with Crippen LogP contribution in [0.15, 0.2) is 30.3 Å². The van der Waals surface area contributed by atoms with Gasteiger partial charge in [-0.15, -0.1) is 0 Å². The first-order chi connectivity index (χ1) is 4.79. The Morgan fingerprint density at radius 1 is 1.20 bits per heavy atom. The zero-order valence-electron chi connectivity index (χ0n) is 5.20. The first-order valence-corrected chi connectivity index (χ1v) is 3.64. The van der Waals surface area contributed by atoms with E-state index in [1.54, 1.807) is 0 Å². The molecular weight excluding hydrogens is 162 g/mol. The third-order valence-corrected chi connectivity index (χ3v) is 1.22. The molecule has 0 spiro atoms. The van der Waals surface area contributed by atoms with Crippen LogP contribution < -0.4 is 5.32 Å². The predicted molar refractivity (Wildman–Crippen MR) is 50.3 cm³/mol. The smallest absolute Gasteiger partial charge is 0.168 e. The highest BCUT2D eigenvalue weighted by molar-refractivity contribution is 8.11. The molecule has 0 unspecified atom stereocenters. The van der Waals surface area contributed by atoms with Gasteiger partial charge < -0.3 is 5.32 Å². The van der Waals surface area contributed by atoms with Crippen molar-refractivity contribution >= 4 is 34.9 Å². The van der Waals surface area contributed by atoms with E-state index < -0.39 is 0 Å². The summed E-state index contributed by atoms with van der Waals surface area (Å²) in [4.78, 5) is 0. The molecule has 1 nitrogen and oxygen atoms in total. The summed E-state index contributed by atoms with van der Waals surface area (Å²) >= 11 is 9.36. The van der Waals surface area contributed by atoms with Gasteiger partial charge in [0.05, 0.1) is 0 Å². The first kappa shape index (κ1) is 7.44. The van der Waals surface area contributed by atoms with Gasteiger partial charge in [-0.05, 0) is 37.0 Å². The molecule has 10 heavy (non-hydrogen) atoms. The second-order valence-corrected chi connectivity index (χ2v) is 2.85. The van der Waals surface area contributed by atoms with E-state index in [4.69, 9.17) is 0 Å². The summed E-state index contributed by atoms with van der Waals surface area (Å²) in [5, 5.41) is 2.85. The molecular formula is C7H6NS2. The minimum Gasteiger partial charge on any atom is -0.337 e. The highest BCUT2D eigenvalue weighted by Gasteiger charge is 1.88. The van der Waals surface area contributed by atoms with Gasteiger partial charge in [0, 0.05) is 5.69 Å². The lowest BCUT2D eigenvalue weighted by Crippen LogP contribution is -1.99. The summed E-state index contributed by atoms with van der Waals surface area (Å²) in [5.41, 5.74) is 0.947. The molecule has 0 amide bonds. The van der Waals surface area contributed by atoms with Crippen LogP contribution in [-0.4, -0.2) is 4.32 Å². The average Bonchev–Trinajstić information content (AvgIpc) is 1.88. The SMILES string of the molecule is [S]C(=S)Nc1ccccc1. The van der Waals surface area contributed by atoms with Crippen molar-refractivity contribution in [2.45, 2.75) is 0 Å². The predicted octanol–water partition coefficient (Wildman–Crippen LogP) is 2.58. The maximum absolute atomic E-state index is 4.68. The van der Waals surface area contributed by atoms with Crippen LogP contribution in [0.3, 0.4) is 0 Å². The molecule has 0 fully saturated rings. The van der Waals surface area contributed by atoms with Crippen molar-refractivity contribution in [3.8, 4) is 0 Å². The van der Waals surface area contributed by atoms with Crippen molar-refractivity contribution in [1.29, 1.82) is 0 Å². The van der Waals surface area contributed by atoms with E-state index in [-0.39, 0.29) is 0 Å². The Morgan fingerprint density at radius 3 is 2.30 bits per heavy atom. The lowest BCUT2D eigenvalue weighted by molar-refractivity contribution is 1.66. The summed E-state index contributed by atoms with van der Waals surface area (Å²) in [5.74, 6) is 0. The molecule has 1 radical (unpaired) electrons. The highest BCUT2D eigenvalue weighted by Crippen LogP contribution is 2.05. The third kappa shape index (κ3) is 2.29. The Hall–Kier alpha value is -0.670. The van der Waals surface area contributed by atoms with Gasteiger partial charge in [0.1, 0.15) is 0 Å². The largest absolute Gasteiger partial charge is 0.337 e. The minimum absolute atomic E-state index is 0.381. The van der Waals surface area contributed by atoms with Gasteiger partial charge in [-0.25, -0.2) is 0 Å². The van der Waals surface area contributed by atoms with Gasteiger partial charge in [-0.3, -0.25) is 0 Å². The minimum atomic E-state index is 0.381. The molecule has 1 rings (SSSR count). The number of nitrogens with one attached hydrogen (secondary N) is 1. The lowest BCUT2D eigenvalue weighted by atomic mass is 10.3. The Kier molecular flexibility index (Phi) is 2.59. The molecule has 1 aromatic rings. The van der Waals surface area contributed by atoms with E-state index in [1.165, 1.54) is 0 Å². The van der Waals surface area contributed by atoms with Gasteiger partial charge >= 0.3 is 0 Å². The van der Waals surface area contributed by atoms with E-state index in [0.29, 0.717) is 4.32 Å². The van der Waals surface area contributed by atoms with Gasteiger partial charge in [0.25, 0.3) is 0 Å². The fraction of sp³-hybridized carbons (Fsp3) is 0. The first-order valence-electron chi connectivity index (χ1n) is 2.82. The summed E-state index contributed by atoms with van der Waals surface area (Å²) < 4.78 is 0.381. The molecule has 0 saturated carbocycles. The summed E-state index contributed by atoms with van der Waals surface area (Å²) in [6, 6.07) is 9.63. The average molecular weight is 168 g/mol. The normalized spacial score (nSPS) is 8.80. The van der Waals surface area contributed by atoms with E-state index in [9.17, 15) is 0 Å². The van der Waals surface area contributed by atoms with Gasteiger partial charge in [0.2, 0.25) is 0 Å². The Morgan fingerprint density at radius 2 is 1.80 bits per heavy atom. The monoisotopic (exact) mass is 168 g/mol. The van der Waals surface area contributed by atoms with Crippen LogP contribution in [0.4, 0.5) is 5.69 Å². The molecule has 0 aliphatic rings. The molecule has 0 atom stereocenters. The number of para-hydroxylation sites is 1.